The molecule has 0 radical (unpaired) electrons. The van der Waals surface area contributed by atoms with Crippen LogP contribution in [0.4, 0.5) is 18.9 Å². The molecule has 2 aromatic carbocycles. The number of hydrogen-bond acceptors (Lipinski definition) is 3. The standard InChI is InChI=1S/C13H9ClF3NO3S/c1-21-8-4-2-7(3-5-8)18-22(19,20)10-6-9(15)11(14)13(17)12(10)16/h2-6,18H,1H3. The van der Waals surface area contributed by atoms with Gasteiger partial charge in [0.05, 0.1) is 7.11 Å². The molecule has 0 saturated carbocycles. The Morgan fingerprint density at radius 3 is 2.23 bits per heavy atom. The summed E-state index contributed by atoms with van der Waals surface area (Å²) < 4.78 is 71.4. The molecule has 1 N–H and O–H groups in total. The molecule has 0 saturated heterocycles. The Kier molecular flexibility index (Phi) is 4.52. The van der Waals surface area contributed by atoms with E-state index in [2.05, 4.69) is 0 Å². The third-order valence-electron chi connectivity index (χ3n) is 2.70. The molecule has 22 heavy (non-hydrogen) atoms. The first-order valence-corrected chi connectivity index (χ1v) is 7.62. The minimum absolute atomic E-state index is 0.0657. The first kappa shape index (κ1) is 16.4. The molecule has 0 fully saturated rings. The maximum Gasteiger partial charge on any atom is 0.265 e. The van der Waals surface area contributed by atoms with Crippen molar-refractivity contribution in [3.05, 3.63) is 52.8 Å². The van der Waals surface area contributed by atoms with Crippen molar-refractivity contribution < 1.29 is 26.3 Å². The molecule has 4 nitrogen and oxygen atoms in total. The zero-order chi connectivity index (χ0) is 16.5. The minimum atomic E-state index is -4.53. The van der Waals surface area contributed by atoms with Crippen LogP contribution in [0.1, 0.15) is 0 Å². The number of halogens is 4. The molecule has 0 heterocycles. The first-order chi connectivity index (χ1) is 10.3. The number of ether oxygens (including phenoxy) is 1. The maximum absolute atomic E-state index is 13.7. The van der Waals surface area contributed by atoms with Crippen LogP contribution < -0.4 is 9.46 Å². The van der Waals surface area contributed by atoms with E-state index >= 15 is 0 Å². The van der Waals surface area contributed by atoms with E-state index in [0.29, 0.717) is 11.8 Å². The van der Waals surface area contributed by atoms with Gasteiger partial charge in [0.25, 0.3) is 10.0 Å². The van der Waals surface area contributed by atoms with Crippen molar-refractivity contribution in [1.29, 1.82) is 0 Å². The molecule has 0 aliphatic heterocycles. The van der Waals surface area contributed by atoms with Crippen LogP contribution in [0.15, 0.2) is 35.2 Å². The molecule has 9 heteroatoms. The summed E-state index contributed by atoms with van der Waals surface area (Å²) in [5.74, 6) is -4.43. The fraction of sp³-hybridized carbons (Fsp3) is 0.0769. The van der Waals surface area contributed by atoms with Crippen LogP contribution in [0.3, 0.4) is 0 Å². The van der Waals surface area contributed by atoms with E-state index < -0.39 is 37.4 Å². The second-order valence-corrected chi connectivity index (χ2v) is 6.16. The highest BCUT2D eigenvalue weighted by Gasteiger charge is 2.26. The van der Waals surface area contributed by atoms with E-state index in [9.17, 15) is 21.6 Å². The molecule has 2 aromatic rings. The van der Waals surface area contributed by atoms with Crippen molar-refractivity contribution in [1.82, 2.24) is 0 Å². The second-order valence-electron chi connectivity index (χ2n) is 4.13. The zero-order valence-corrected chi connectivity index (χ0v) is 12.6. The van der Waals surface area contributed by atoms with Gasteiger partial charge in [-0.15, -0.1) is 0 Å². The van der Waals surface area contributed by atoms with Gasteiger partial charge in [-0.2, -0.15) is 0 Å². The van der Waals surface area contributed by atoms with Crippen molar-refractivity contribution in [2.75, 3.05) is 11.8 Å². The summed E-state index contributed by atoms with van der Waals surface area (Å²) in [4.78, 5) is -1.18. The molecule has 0 spiro atoms. The van der Waals surface area contributed by atoms with Crippen LogP contribution in [0.2, 0.25) is 5.02 Å². The van der Waals surface area contributed by atoms with Crippen molar-refractivity contribution in [3.63, 3.8) is 0 Å². The van der Waals surface area contributed by atoms with E-state index in [1.54, 1.807) is 0 Å². The topological polar surface area (TPSA) is 55.4 Å². The Morgan fingerprint density at radius 1 is 1.09 bits per heavy atom. The molecule has 0 atom stereocenters. The number of nitrogens with one attached hydrogen (secondary N) is 1. The Hall–Kier alpha value is -1.93. The summed E-state index contributed by atoms with van der Waals surface area (Å²) in [6.07, 6.45) is 0. The number of sulfonamides is 1. The van der Waals surface area contributed by atoms with Gasteiger partial charge < -0.3 is 4.74 Å². The van der Waals surface area contributed by atoms with Gasteiger partial charge >= 0.3 is 0 Å². The third-order valence-corrected chi connectivity index (χ3v) is 4.43. The Balaban J connectivity index is 2.42. The van der Waals surface area contributed by atoms with Crippen molar-refractivity contribution in [3.8, 4) is 5.75 Å². The van der Waals surface area contributed by atoms with Crippen LogP contribution in [0.5, 0.6) is 5.75 Å². The Labute approximate surface area is 129 Å². The summed E-state index contributed by atoms with van der Waals surface area (Å²) in [6, 6.07) is 5.91. The van der Waals surface area contributed by atoms with E-state index in [-0.39, 0.29) is 5.69 Å². The van der Waals surface area contributed by atoms with E-state index in [0.717, 1.165) is 0 Å². The monoisotopic (exact) mass is 351 g/mol. The zero-order valence-electron chi connectivity index (χ0n) is 11.0. The van der Waals surface area contributed by atoms with Crippen LogP contribution in [0, 0.1) is 17.5 Å². The summed E-state index contributed by atoms with van der Waals surface area (Å²) in [6.45, 7) is 0. The Morgan fingerprint density at radius 2 is 1.68 bits per heavy atom. The largest absolute Gasteiger partial charge is 0.497 e. The second kappa shape index (κ2) is 6.05. The SMILES string of the molecule is COc1ccc(NS(=O)(=O)c2cc(F)c(Cl)c(F)c2F)cc1. The molecule has 0 aliphatic carbocycles. The van der Waals surface area contributed by atoms with Crippen molar-refractivity contribution in [2.45, 2.75) is 4.90 Å². The maximum atomic E-state index is 13.7. The molecule has 118 valence electrons. The Bertz CT molecular complexity index is 810. The molecule has 2 rings (SSSR count). The highest BCUT2D eigenvalue weighted by Crippen LogP contribution is 2.28. The van der Waals surface area contributed by atoms with E-state index in [1.807, 2.05) is 4.72 Å². The molecule has 0 aliphatic rings. The van der Waals surface area contributed by atoms with Crippen LogP contribution in [-0.2, 0) is 10.0 Å². The van der Waals surface area contributed by atoms with Gasteiger partial charge in [-0.25, -0.2) is 21.6 Å². The van der Waals surface area contributed by atoms with Crippen LogP contribution in [0.25, 0.3) is 0 Å². The third kappa shape index (κ3) is 3.12. The van der Waals surface area contributed by atoms with Gasteiger partial charge in [0.2, 0.25) is 0 Å². The number of rotatable bonds is 4. The normalized spacial score (nSPS) is 11.3. The lowest BCUT2D eigenvalue weighted by molar-refractivity contribution is 0.415. The van der Waals surface area contributed by atoms with E-state index in [4.69, 9.17) is 16.3 Å². The fourth-order valence-corrected chi connectivity index (χ4v) is 2.89. The van der Waals surface area contributed by atoms with Crippen LogP contribution in [-0.4, -0.2) is 15.5 Å². The average Bonchev–Trinajstić information content (AvgIpc) is 2.49. The summed E-state index contributed by atoms with van der Waals surface area (Å²) in [5.41, 5.74) is 0.0657. The molecule has 0 unspecified atom stereocenters. The highest BCUT2D eigenvalue weighted by molar-refractivity contribution is 7.92. The minimum Gasteiger partial charge on any atom is -0.497 e. The molecule has 0 bridgehead atoms. The predicted molar refractivity (Wildman–Crippen MR) is 75.1 cm³/mol. The average molecular weight is 352 g/mol. The number of hydrogen-bond donors (Lipinski definition) is 1. The number of benzene rings is 2. The summed E-state index contributed by atoms with van der Waals surface area (Å²) in [7, 11) is -3.11. The highest BCUT2D eigenvalue weighted by atomic mass is 35.5. The molecular weight excluding hydrogens is 343 g/mol. The molecule has 0 aromatic heterocycles. The van der Waals surface area contributed by atoms with E-state index in [1.165, 1.54) is 31.4 Å². The van der Waals surface area contributed by atoms with Gasteiger partial charge in [0, 0.05) is 5.69 Å². The van der Waals surface area contributed by atoms with Gasteiger partial charge in [-0.1, -0.05) is 11.6 Å². The predicted octanol–water partition coefficient (Wildman–Crippen LogP) is 3.57. The lowest BCUT2D eigenvalue weighted by Crippen LogP contribution is -2.16. The first-order valence-electron chi connectivity index (χ1n) is 5.76. The van der Waals surface area contributed by atoms with Gasteiger partial charge in [-0.05, 0) is 30.3 Å². The lowest BCUT2D eigenvalue weighted by atomic mass is 10.3. The van der Waals surface area contributed by atoms with Crippen molar-refractivity contribution in [2.24, 2.45) is 0 Å². The fourth-order valence-electron chi connectivity index (χ4n) is 1.62. The summed E-state index contributed by atoms with van der Waals surface area (Å²) >= 11 is 5.18. The smallest absolute Gasteiger partial charge is 0.265 e. The lowest BCUT2D eigenvalue weighted by Gasteiger charge is -2.10. The summed E-state index contributed by atoms with van der Waals surface area (Å²) in [5, 5.41) is -1.11. The quantitative estimate of drug-likeness (QED) is 0.677. The number of methoxy groups -OCH3 is 1. The number of anilines is 1. The molecular formula is C13H9ClF3NO3S. The van der Waals surface area contributed by atoms with Gasteiger partial charge in [0.15, 0.2) is 11.6 Å². The van der Waals surface area contributed by atoms with Gasteiger partial charge in [0.1, 0.15) is 21.5 Å². The van der Waals surface area contributed by atoms with Crippen LogP contribution >= 0.6 is 11.6 Å². The van der Waals surface area contributed by atoms with Gasteiger partial charge in [-0.3, -0.25) is 4.72 Å². The van der Waals surface area contributed by atoms with Crippen molar-refractivity contribution >= 4 is 27.3 Å². The molecule has 0 amide bonds.